The lowest BCUT2D eigenvalue weighted by molar-refractivity contribution is 0.0715. The van der Waals surface area contributed by atoms with Gasteiger partial charge in [0.15, 0.2) is 11.2 Å². The summed E-state index contributed by atoms with van der Waals surface area (Å²) in [5, 5.41) is 1.21. The van der Waals surface area contributed by atoms with Crippen molar-refractivity contribution in [3.8, 4) is 0 Å². The Morgan fingerprint density at radius 2 is 1.79 bits per heavy atom. The summed E-state index contributed by atoms with van der Waals surface area (Å²) < 4.78 is 5.85. The van der Waals surface area contributed by atoms with Crippen LogP contribution in [0.2, 0.25) is 5.02 Å². The minimum Gasteiger partial charge on any atom is -0.450 e. The fourth-order valence-electron chi connectivity index (χ4n) is 3.71. The van der Waals surface area contributed by atoms with Gasteiger partial charge in [0, 0.05) is 43.0 Å². The topological polar surface area (TPSA) is 53.8 Å². The van der Waals surface area contributed by atoms with Crippen LogP contribution in [-0.4, -0.2) is 37.0 Å². The highest BCUT2D eigenvalue weighted by Gasteiger charge is 2.25. The molecule has 0 spiro atoms. The first-order valence-electron chi connectivity index (χ1n) is 9.27. The summed E-state index contributed by atoms with van der Waals surface area (Å²) in [7, 11) is 0. The second kappa shape index (κ2) is 7.32. The average Bonchev–Trinajstić information content (AvgIpc) is 2.68. The molecule has 1 aliphatic heterocycles. The molecule has 0 bridgehead atoms. The number of anilines is 1. The van der Waals surface area contributed by atoms with Gasteiger partial charge in [-0.3, -0.25) is 9.59 Å². The van der Waals surface area contributed by atoms with Crippen molar-refractivity contribution >= 4 is 34.2 Å². The molecule has 4 rings (SSSR count). The Morgan fingerprint density at radius 1 is 1.04 bits per heavy atom. The summed E-state index contributed by atoms with van der Waals surface area (Å²) in [6, 6.07) is 12.8. The van der Waals surface area contributed by atoms with Gasteiger partial charge < -0.3 is 14.2 Å². The van der Waals surface area contributed by atoms with E-state index in [1.807, 2.05) is 44.2 Å². The van der Waals surface area contributed by atoms with Crippen LogP contribution < -0.4 is 10.3 Å². The molecule has 2 aromatic carbocycles. The molecule has 1 saturated heterocycles. The summed E-state index contributed by atoms with van der Waals surface area (Å²) in [5.41, 5.74) is 3.19. The zero-order chi connectivity index (χ0) is 19.8. The Labute approximate surface area is 168 Å². The number of carbonyl (C=O) groups excluding carboxylic acids is 1. The normalized spacial score (nSPS) is 14.5. The van der Waals surface area contributed by atoms with E-state index in [0.717, 1.165) is 16.8 Å². The Balaban J connectivity index is 1.55. The van der Waals surface area contributed by atoms with E-state index in [9.17, 15) is 9.59 Å². The van der Waals surface area contributed by atoms with Crippen molar-refractivity contribution in [3.63, 3.8) is 0 Å². The number of amides is 1. The number of piperazine rings is 1. The summed E-state index contributed by atoms with van der Waals surface area (Å²) in [5.74, 6) is -0.148. The van der Waals surface area contributed by atoms with E-state index in [-0.39, 0.29) is 17.1 Å². The van der Waals surface area contributed by atoms with E-state index < -0.39 is 0 Å². The molecule has 0 atom stereocenters. The van der Waals surface area contributed by atoms with Gasteiger partial charge in [-0.1, -0.05) is 23.7 Å². The van der Waals surface area contributed by atoms with E-state index >= 15 is 0 Å². The van der Waals surface area contributed by atoms with Crippen molar-refractivity contribution < 1.29 is 9.21 Å². The van der Waals surface area contributed by atoms with Crippen molar-refractivity contribution in [2.45, 2.75) is 13.8 Å². The lowest BCUT2D eigenvalue weighted by atomic mass is 10.1. The quantitative estimate of drug-likeness (QED) is 0.656. The lowest BCUT2D eigenvalue weighted by Crippen LogP contribution is -2.48. The second-order valence-corrected chi connectivity index (χ2v) is 7.63. The number of hydrogen-bond acceptors (Lipinski definition) is 4. The Morgan fingerprint density at radius 3 is 2.50 bits per heavy atom. The first-order valence-corrected chi connectivity index (χ1v) is 9.65. The van der Waals surface area contributed by atoms with E-state index in [0.29, 0.717) is 42.2 Å². The SMILES string of the molecule is Cc1cc(C)c2oc(C(=O)N3CCN(c4cccc(Cl)c4)CC3)cc(=O)c2c1. The molecule has 1 amide bonds. The molecular formula is C22H21ClN2O3. The minimum atomic E-state index is -0.246. The molecule has 2 heterocycles. The van der Waals surface area contributed by atoms with Gasteiger partial charge >= 0.3 is 0 Å². The van der Waals surface area contributed by atoms with Crippen LogP contribution in [0.25, 0.3) is 11.0 Å². The molecule has 0 radical (unpaired) electrons. The average molecular weight is 397 g/mol. The molecule has 0 saturated carbocycles. The standard InChI is InChI=1S/C22H21ClN2O3/c1-14-10-15(2)21-18(11-14)19(26)13-20(28-21)22(27)25-8-6-24(7-9-25)17-5-3-4-16(23)12-17/h3-5,10-13H,6-9H2,1-2H3. The van der Waals surface area contributed by atoms with Crippen LogP contribution in [0, 0.1) is 13.8 Å². The van der Waals surface area contributed by atoms with Gasteiger partial charge in [-0.05, 0) is 49.2 Å². The number of fused-ring (bicyclic) bond motifs is 1. The summed E-state index contributed by atoms with van der Waals surface area (Å²) >= 11 is 6.08. The maximum absolute atomic E-state index is 12.9. The third kappa shape index (κ3) is 3.50. The molecule has 0 N–H and O–H groups in total. The molecule has 0 unspecified atom stereocenters. The third-order valence-corrected chi connectivity index (χ3v) is 5.34. The largest absolute Gasteiger partial charge is 0.450 e. The molecule has 144 valence electrons. The molecule has 1 fully saturated rings. The van der Waals surface area contributed by atoms with E-state index in [1.165, 1.54) is 6.07 Å². The predicted molar refractivity (Wildman–Crippen MR) is 112 cm³/mol. The van der Waals surface area contributed by atoms with Crippen molar-refractivity contribution in [2.75, 3.05) is 31.1 Å². The Hall–Kier alpha value is -2.79. The number of aryl methyl sites for hydroxylation is 2. The zero-order valence-corrected chi connectivity index (χ0v) is 16.6. The summed E-state index contributed by atoms with van der Waals surface area (Å²) in [6.45, 7) is 6.32. The van der Waals surface area contributed by atoms with Crippen molar-refractivity contribution in [1.82, 2.24) is 4.90 Å². The molecule has 1 aromatic heterocycles. The fraction of sp³-hybridized carbons (Fsp3) is 0.273. The van der Waals surface area contributed by atoms with Crippen LogP contribution in [0.5, 0.6) is 0 Å². The first-order chi connectivity index (χ1) is 13.4. The first kappa shape index (κ1) is 18.6. The van der Waals surface area contributed by atoms with Crippen LogP contribution in [0.15, 0.2) is 51.7 Å². The minimum absolute atomic E-state index is 0.0978. The molecule has 5 nitrogen and oxygen atoms in total. The van der Waals surface area contributed by atoms with Gasteiger partial charge in [-0.25, -0.2) is 0 Å². The maximum Gasteiger partial charge on any atom is 0.289 e. The highest BCUT2D eigenvalue weighted by atomic mass is 35.5. The van der Waals surface area contributed by atoms with Gasteiger partial charge in [-0.15, -0.1) is 0 Å². The van der Waals surface area contributed by atoms with Gasteiger partial charge in [0.1, 0.15) is 5.58 Å². The molecule has 6 heteroatoms. The Bertz CT molecular complexity index is 1110. The van der Waals surface area contributed by atoms with E-state index in [2.05, 4.69) is 4.90 Å². The summed E-state index contributed by atoms with van der Waals surface area (Å²) in [4.78, 5) is 29.4. The number of carbonyl (C=O) groups is 1. The van der Waals surface area contributed by atoms with Crippen LogP contribution in [-0.2, 0) is 0 Å². The number of halogens is 1. The lowest BCUT2D eigenvalue weighted by Gasteiger charge is -2.35. The van der Waals surface area contributed by atoms with Gasteiger partial charge in [0.25, 0.3) is 5.91 Å². The van der Waals surface area contributed by atoms with Gasteiger partial charge in [-0.2, -0.15) is 0 Å². The monoisotopic (exact) mass is 396 g/mol. The van der Waals surface area contributed by atoms with Crippen LogP contribution in [0.3, 0.4) is 0 Å². The van der Waals surface area contributed by atoms with Crippen molar-refractivity contribution in [2.24, 2.45) is 0 Å². The maximum atomic E-state index is 12.9. The van der Waals surface area contributed by atoms with Gasteiger partial charge in [0.2, 0.25) is 0 Å². The number of rotatable bonds is 2. The molecule has 1 aliphatic rings. The molecule has 28 heavy (non-hydrogen) atoms. The highest BCUT2D eigenvalue weighted by Crippen LogP contribution is 2.23. The fourth-order valence-corrected chi connectivity index (χ4v) is 3.90. The van der Waals surface area contributed by atoms with Crippen molar-refractivity contribution in [3.05, 3.63) is 74.6 Å². The number of benzene rings is 2. The third-order valence-electron chi connectivity index (χ3n) is 5.11. The van der Waals surface area contributed by atoms with E-state index in [4.69, 9.17) is 16.0 Å². The Kier molecular flexibility index (Phi) is 4.85. The van der Waals surface area contributed by atoms with Crippen LogP contribution >= 0.6 is 11.6 Å². The highest BCUT2D eigenvalue weighted by molar-refractivity contribution is 6.30. The molecule has 3 aromatic rings. The molecular weight excluding hydrogens is 376 g/mol. The van der Waals surface area contributed by atoms with E-state index in [1.54, 1.807) is 11.0 Å². The molecule has 0 aliphatic carbocycles. The zero-order valence-electron chi connectivity index (χ0n) is 15.9. The summed E-state index contributed by atoms with van der Waals surface area (Å²) in [6.07, 6.45) is 0. The number of nitrogens with zero attached hydrogens (tertiary/aromatic N) is 2. The predicted octanol–water partition coefficient (Wildman–Crippen LogP) is 4.03. The van der Waals surface area contributed by atoms with Gasteiger partial charge in [0.05, 0.1) is 5.39 Å². The van der Waals surface area contributed by atoms with Crippen molar-refractivity contribution in [1.29, 1.82) is 0 Å². The number of hydrogen-bond donors (Lipinski definition) is 0. The van der Waals surface area contributed by atoms with Crippen LogP contribution in [0.4, 0.5) is 5.69 Å². The smallest absolute Gasteiger partial charge is 0.289 e. The van der Waals surface area contributed by atoms with Crippen LogP contribution in [0.1, 0.15) is 21.7 Å². The second-order valence-electron chi connectivity index (χ2n) is 7.19.